The van der Waals surface area contributed by atoms with Gasteiger partial charge in [0.2, 0.25) is 0 Å². The van der Waals surface area contributed by atoms with Crippen LogP contribution in [0.3, 0.4) is 0 Å². The van der Waals surface area contributed by atoms with Gasteiger partial charge in [-0.2, -0.15) is 0 Å². The Morgan fingerprint density at radius 2 is 1.54 bits per heavy atom. The highest BCUT2D eigenvalue weighted by Gasteiger charge is 2.45. The molecule has 28 heavy (non-hydrogen) atoms. The summed E-state index contributed by atoms with van der Waals surface area (Å²) in [5.74, 6) is 3.82. The van der Waals surface area contributed by atoms with E-state index in [-0.39, 0.29) is 0 Å². The number of hydrogen-bond acceptors (Lipinski definition) is 1. The lowest BCUT2D eigenvalue weighted by atomic mass is 9.71. The summed E-state index contributed by atoms with van der Waals surface area (Å²) in [6.45, 7) is 14.1. The van der Waals surface area contributed by atoms with E-state index in [0.717, 1.165) is 35.8 Å². The van der Waals surface area contributed by atoms with Gasteiger partial charge in [-0.25, -0.2) is 0 Å². The lowest BCUT2D eigenvalue weighted by molar-refractivity contribution is -0.00533. The molecule has 164 valence electrons. The number of rotatable bonds is 8. The van der Waals surface area contributed by atoms with Crippen molar-refractivity contribution < 1.29 is 0 Å². The normalized spacial score (nSPS) is 33.4. The van der Waals surface area contributed by atoms with Gasteiger partial charge in [0.15, 0.2) is 0 Å². The van der Waals surface area contributed by atoms with Crippen LogP contribution in [0.2, 0.25) is 0 Å². The van der Waals surface area contributed by atoms with Gasteiger partial charge in [0.25, 0.3) is 0 Å². The fourth-order valence-electron chi connectivity index (χ4n) is 7.75. The maximum absolute atomic E-state index is 3.13. The molecular formula is C27H51N. The van der Waals surface area contributed by atoms with E-state index in [9.17, 15) is 0 Å². The van der Waals surface area contributed by atoms with Crippen LogP contribution < -0.4 is 0 Å². The molecule has 0 heterocycles. The Labute approximate surface area is 177 Å². The van der Waals surface area contributed by atoms with Gasteiger partial charge in [-0.1, -0.05) is 98.8 Å². The van der Waals surface area contributed by atoms with E-state index < -0.39 is 0 Å². The van der Waals surface area contributed by atoms with E-state index in [4.69, 9.17) is 0 Å². The Morgan fingerprint density at radius 3 is 2.14 bits per heavy atom. The molecule has 0 aromatic carbocycles. The van der Waals surface area contributed by atoms with Crippen molar-refractivity contribution in [2.75, 3.05) is 6.54 Å². The van der Waals surface area contributed by atoms with Crippen molar-refractivity contribution in [2.45, 2.75) is 137 Å². The van der Waals surface area contributed by atoms with Gasteiger partial charge in [0.05, 0.1) is 0 Å². The van der Waals surface area contributed by atoms with E-state index >= 15 is 0 Å². The first kappa shape index (κ1) is 22.6. The fourth-order valence-corrected chi connectivity index (χ4v) is 7.75. The molecule has 0 aliphatic heterocycles. The predicted molar refractivity (Wildman–Crippen MR) is 124 cm³/mol. The lowest BCUT2D eigenvalue weighted by Gasteiger charge is -2.49. The van der Waals surface area contributed by atoms with Gasteiger partial charge in [0, 0.05) is 12.1 Å². The summed E-state index contributed by atoms with van der Waals surface area (Å²) in [6, 6.07) is 1.68. The van der Waals surface area contributed by atoms with Gasteiger partial charge in [-0.15, -0.1) is 0 Å². The maximum atomic E-state index is 3.13. The van der Waals surface area contributed by atoms with Crippen LogP contribution in [0.15, 0.2) is 0 Å². The second kappa shape index (κ2) is 10.3. The van der Waals surface area contributed by atoms with Crippen LogP contribution in [-0.2, 0) is 0 Å². The van der Waals surface area contributed by atoms with Crippen molar-refractivity contribution in [3.8, 4) is 0 Å². The van der Waals surface area contributed by atoms with E-state index in [2.05, 4.69) is 39.5 Å². The van der Waals surface area contributed by atoms with Crippen molar-refractivity contribution in [3.05, 3.63) is 0 Å². The largest absolute Gasteiger partial charge is 0.297 e. The highest BCUT2D eigenvalue weighted by atomic mass is 15.2. The summed E-state index contributed by atoms with van der Waals surface area (Å²) >= 11 is 0. The highest BCUT2D eigenvalue weighted by Crippen LogP contribution is 2.46. The Bertz CT molecular complexity index is 443. The third-order valence-electron chi connectivity index (χ3n) is 9.39. The van der Waals surface area contributed by atoms with E-state index in [1.165, 1.54) is 96.4 Å². The van der Waals surface area contributed by atoms with Crippen LogP contribution in [0.5, 0.6) is 0 Å². The van der Waals surface area contributed by atoms with Gasteiger partial charge in [0.1, 0.15) is 0 Å². The Morgan fingerprint density at radius 1 is 0.893 bits per heavy atom. The van der Waals surface area contributed by atoms with Crippen LogP contribution in [0.4, 0.5) is 0 Å². The van der Waals surface area contributed by atoms with E-state index in [1.54, 1.807) is 0 Å². The standard InChI is InChI=1S/C27H51N/c1-6-22(23-14-8-9-15-23)18-20-28(24-16-10-11-17-24)26-25(7-2)21(3)13-12-19-27(26,4)5/h21-26H,6-20H2,1-5H3. The molecule has 3 aliphatic rings. The molecule has 3 saturated carbocycles. The third kappa shape index (κ3) is 5.16. The molecule has 3 rings (SSSR count). The second-order valence-electron chi connectivity index (χ2n) is 11.6. The molecule has 1 nitrogen and oxygen atoms in total. The molecule has 0 aromatic heterocycles. The first-order chi connectivity index (χ1) is 13.5. The number of hydrogen-bond donors (Lipinski definition) is 0. The van der Waals surface area contributed by atoms with E-state index in [0.29, 0.717) is 5.41 Å². The summed E-state index contributed by atoms with van der Waals surface area (Å²) in [4.78, 5) is 3.13. The quantitative estimate of drug-likeness (QED) is 0.379. The highest BCUT2D eigenvalue weighted by molar-refractivity contribution is 4.98. The molecule has 0 N–H and O–H groups in total. The van der Waals surface area contributed by atoms with Crippen molar-refractivity contribution in [1.29, 1.82) is 0 Å². The number of nitrogens with zero attached hydrogens (tertiary/aromatic N) is 1. The molecule has 4 atom stereocenters. The zero-order valence-corrected chi connectivity index (χ0v) is 20.0. The molecule has 0 spiro atoms. The first-order valence-corrected chi connectivity index (χ1v) is 13.2. The van der Waals surface area contributed by atoms with Gasteiger partial charge in [-0.3, -0.25) is 4.90 Å². The second-order valence-corrected chi connectivity index (χ2v) is 11.6. The van der Waals surface area contributed by atoms with Crippen molar-refractivity contribution in [3.63, 3.8) is 0 Å². The summed E-state index contributed by atoms with van der Waals surface area (Å²) in [6.07, 6.45) is 20.5. The monoisotopic (exact) mass is 389 g/mol. The summed E-state index contributed by atoms with van der Waals surface area (Å²) in [5.41, 5.74) is 0.475. The maximum Gasteiger partial charge on any atom is 0.0180 e. The molecule has 3 aliphatic carbocycles. The van der Waals surface area contributed by atoms with Crippen LogP contribution in [-0.4, -0.2) is 23.5 Å². The zero-order valence-electron chi connectivity index (χ0n) is 20.0. The smallest absolute Gasteiger partial charge is 0.0180 e. The molecule has 0 radical (unpaired) electrons. The van der Waals surface area contributed by atoms with Crippen molar-refractivity contribution >= 4 is 0 Å². The minimum absolute atomic E-state index is 0.475. The SMILES string of the molecule is CCC(CCN(C1CCCC1)C1C(CC)C(C)CCCC1(C)C)C1CCCC1. The lowest BCUT2D eigenvalue weighted by Crippen LogP contribution is -2.54. The molecule has 4 unspecified atom stereocenters. The van der Waals surface area contributed by atoms with Crippen LogP contribution in [0.1, 0.15) is 125 Å². The Hall–Kier alpha value is -0.0400. The average molecular weight is 390 g/mol. The Balaban J connectivity index is 1.80. The summed E-state index contributed by atoms with van der Waals surface area (Å²) < 4.78 is 0. The topological polar surface area (TPSA) is 3.24 Å². The molecule has 0 saturated heterocycles. The Kier molecular flexibility index (Phi) is 8.34. The predicted octanol–water partition coefficient (Wildman–Crippen LogP) is 8.08. The third-order valence-corrected chi connectivity index (χ3v) is 9.39. The van der Waals surface area contributed by atoms with E-state index in [1.807, 2.05) is 0 Å². The van der Waals surface area contributed by atoms with Gasteiger partial charge >= 0.3 is 0 Å². The average Bonchev–Trinajstić information content (AvgIpc) is 3.35. The molecule has 3 fully saturated rings. The van der Waals surface area contributed by atoms with Gasteiger partial charge in [-0.05, 0) is 61.3 Å². The molecule has 0 amide bonds. The molecule has 1 heteroatoms. The van der Waals surface area contributed by atoms with Crippen molar-refractivity contribution in [2.24, 2.45) is 29.1 Å². The van der Waals surface area contributed by atoms with Crippen LogP contribution >= 0.6 is 0 Å². The molecule has 0 bridgehead atoms. The summed E-state index contributed by atoms with van der Waals surface area (Å²) in [7, 11) is 0. The minimum Gasteiger partial charge on any atom is -0.297 e. The molecular weight excluding hydrogens is 338 g/mol. The van der Waals surface area contributed by atoms with Crippen molar-refractivity contribution in [1.82, 2.24) is 4.90 Å². The molecule has 0 aromatic rings. The van der Waals surface area contributed by atoms with Gasteiger partial charge < -0.3 is 0 Å². The fraction of sp³-hybridized carbons (Fsp3) is 1.00. The van der Waals surface area contributed by atoms with Crippen LogP contribution in [0, 0.1) is 29.1 Å². The first-order valence-electron chi connectivity index (χ1n) is 13.2. The minimum atomic E-state index is 0.475. The zero-order chi connectivity index (χ0) is 20.1. The summed E-state index contributed by atoms with van der Waals surface area (Å²) in [5, 5.41) is 0. The van der Waals surface area contributed by atoms with Crippen LogP contribution in [0.25, 0.3) is 0 Å².